The van der Waals surface area contributed by atoms with E-state index in [1.165, 1.54) is 17.4 Å². The monoisotopic (exact) mass is 275 g/mol. The fourth-order valence-corrected chi connectivity index (χ4v) is 2.36. The Balaban J connectivity index is 2.04. The Morgan fingerprint density at radius 3 is 3.00 bits per heavy atom. The zero-order valence-corrected chi connectivity index (χ0v) is 10.7. The maximum atomic E-state index is 13.5. The summed E-state index contributed by atoms with van der Waals surface area (Å²) in [5.41, 5.74) is 0.584. The van der Waals surface area contributed by atoms with Gasteiger partial charge in [0.1, 0.15) is 12.2 Å². The largest absolute Gasteiger partial charge is 0.301 e. The molecule has 0 aliphatic rings. The molecule has 4 nitrogen and oxygen atoms in total. The van der Waals surface area contributed by atoms with Crippen LogP contribution in [-0.4, -0.2) is 10.9 Å². The second-order valence-electron chi connectivity index (χ2n) is 3.78. The van der Waals surface area contributed by atoms with Crippen LogP contribution in [0.2, 0.25) is 0 Å². The van der Waals surface area contributed by atoms with Crippen molar-refractivity contribution in [3.8, 4) is 6.07 Å². The fourth-order valence-electron chi connectivity index (χ4n) is 1.51. The normalized spacial score (nSPS) is 9.89. The summed E-state index contributed by atoms with van der Waals surface area (Å²) in [7, 11) is 0. The molecule has 0 fully saturated rings. The van der Waals surface area contributed by atoms with E-state index in [0.29, 0.717) is 17.1 Å². The number of thiazole rings is 1. The molecule has 1 aromatic carbocycles. The molecule has 2 rings (SSSR count). The third-order valence-electron chi connectivity index (χ3n) is 2.36. The average molecular weight is 275 g/mol. The molecule has 1 N–H and O–H groups in total. The highest BCUT2D eigenvalue weighted by atomic mass is 32.1. The number of amides is 1. The third-order valence-corrected chi connectivity index (χ3v) is 3.27. The number of hydrogen-bond acceptors (Lipinski definition) is 4. The van der Waals surface area contributed by atoms with Gasteiger partial charge in [-0.1, -0.05) is 18.2 Å². The van der Waals surface area contributed by atoms with Crippen molar-refractivity contribution in [3.63, 3.8) is 0 Å². The predicted molar refractivity (Wildman–Crippen MR) is 70.2 cm³/mol. The molecule has 1 aromatic heterocycles. The number of nitrogens with zero attached hydrogens (tertiary/aromatic N) is 2. The molecule has 0 spiro atoms. The Morgan fingerprint density at radius 1 is 1.47 bits per heavy atom. The van der Waals surface area contributed by atoms with E-state index in [9.17, 15) is 9.18 Å². The van der Waals surface area contributed by atoms with Crippen LogP contribution in [0.15, 0.2) is 30.5 Å². The van der Waals surface area contributed by atoms with Gasteiger partial charge in [0.2, 0.25) is 5.91 Å². The number of nitrogens with one attached hydrogen (secondary N) is 1. The first-order chi connectivity index (χ1) is 9.19. The summed E-state index contributed by atoms with van der Waals surface area (Å²) < 4.78 is 13.5. The number of hydrogen-bond donors (Lipinski definition) is 1. The molecule has 0 unspecified atom stereocenters. The first-order valence-corrected chi connectivity index (χ1v) is 6.35. The van der Waals surface area contributed by atoms with Crippen molar-refractivity contribution >= 4 is 22.4 Å². The summed E-state index contributed by atoms with van der Waals surface area (Å²) in [5, 5.41) is 11.3. The summed E-state index contributed by atoms with van der Waals surface area (Å²) in [5.74, 6) is -0.653. The lowest BCUT2D eigenvalue weighted by atomic mass is 10.1. The molecule has 0 aliphatic heterocycles. The molecule has 96 valence electrons. The molecule has 0 aliphatic carbocycles. The highest BCUT2D eigenvalue weighted by Crippen LogP contribution is 2.22. The molecular weight excluding hydrogens is 265 g/mol. The maximum Gasteiger partial charge on any atom is 0.240 e. The van der Waals surface area contributed by atoms with E-state index in [1.807, 2.05) is 0 Å². The van der Waals surface area contributed by atoms with Crippen molar-refractivity contribution < 1.29 is 9.18 Å². The number of aromatic nitrogens is 1. The minimum absolute atomic E-state index is 0.206. The lowest BCUT2D eigenvalue weighted by molar-refractivity contribution is -0.115. The minimum Gasteiger partial charge on any atom is -0.301 e. The topological polar surface area (TPSA) is 65.8 Å². The van der Waals surface area contributed by atoms with Crippen LogP contribution < -0.4 is 5.32 Å². The van der Waals surface area contributed by atoms with Crippen LogP contribution in [0.4, 0.5) is 9.52 Å². The van der Waals surface area contributed by atoms with Gasteiger partial charge in [-0.15, -0.1) is 11.3 Å². The molecule has 0 atom stereocenters. The van der Waals surface area contributed by atoms with Crippen LogP contribution in [0, 0.1) is 17.1 Å². The molecule has 2 aromatic rings. The van der Waals surface area contributed by atoms with Crippen molar-refractivity contribution in [3.05, 3.63) is 46.7 Å². The molecule has 0 saturated carbocycles. The maximum absolute atomic E-state index is 13.5. The zero-order chi connectivity index (χ0) is 13.7. The van der Waals surface area contributed by atoms with Crippen LogP contribution in [0.5, 0.6) is 0 Å². The molecule has 6 heteroatoms. The van der Waals surface area contributed by atoms with Gasteiger partial charge in [-0.05, 0) is 11.6 Å². The average Bonchev–Trinajstić information content (AvgIpc) is 2.80. The Kier molecular flexibility index (Phi) is 4.21. The quantitative estimate of drug-likeness (QED) is 0.933. The van der Waals surface area contributed by atoms with Crippen LogP contribution in [0.3, 0.4) is 0 Å². The van der Waals surface area contributed by atoms with Crippen molar-refractivity contribution in [2.24, 2.45) is 0 Å². The molecule has 1 amide bonds. The number of rotatable bonds is 4. The van der Waals surface area contributed by atoms with E-state index < -0.39 is 5.91 Å². The van der Waals surface area contributed by atoms with Crippen molar-refractivity contribution in [1.82, 2.24) is 4.98 Å². The van der Waals surface area contributed by atoms with E-state index >= 15 is 0 Å². The van der Waals surface area contributed by atoms with Gasteiger partial charge in [-0.3, -0.25) is 4.79 Å². The molecule has 0 bridgehead atoms. The van der Waals surface area contributed by atoms with E-state index in [0.717, 1.165) is 4.88 Å². The minimum atomic E-state index is -0.394. The van der Waals surface area contributed by atoms with Gasteiger partial charge in [0.05, 0.1) is 6.07 Å². The Bertz CT molecular complexity index is 633. The van der Waals surface area contributed by atoms with Gasteiger partial charge in [-0.2, -0.15) is 5.26 Å². The summed E-state index contributed by atoms with van der Waals surface area (Å²) in [6.07, 6.45) is 1.82. The predicted octanol–water partition coefficient (Wildman–Crippen LogP) is 2.73. The highest BCUT2D eigenvalue weighted by Gasteiger charge is 2.08. The smallest absolute Gasteiger partial charge is 0.240 e. The van der Waals surface area contributed by atoms with E-state index in [4.69, 9.17) is 5.26 Å². The number of halogens is 1. The summed E-state index contributed by atoms with van der Waals surface area (Å²) in [6.45, 7) is 0. The Morgan fingerprint density at radius 2 is 2.26 bits per heavy atom. The lowest BCUT2D eigenvalue weighted by Crippen LogP contribution is -2.09. The number of benzene rings is 1. The summed E-state index contributed by atoms with van der Waals surface area (Å²) in [6, 6.07) is 8.29. The number of anilines is 1. The molecule has 0 radical (unpaired) electrons. The first-order valence-electron chi connectivity index (χ1n) is 5.54. The number of nitriles is 1. The van der Waals surface area contributed by atoms with Crippen LogP contribution in [0.1, 0.15) is 16.9 Å². The summed E-state index contributed by atoms with van der Waals surface area (Å²) in [4.78, 5) is 16.1. The third kappa shape index (κ3) is 3.60. The molecule has 1 heterocycles. The van der Waals surface area contributed by atoms with Gasteiger partial charge in [0, 0.05) is 17.5 Å². The fraction of sp³-hybridized carbons (Fsp3) is 0.154. The lowest BCUT2D eigenvalue weighted by Gasteiger charge is -1.99. The van der Waals surface area contributed by atoms with Crippen molar-refractivity contribution in [2.45, 2.75) is 12.8 Å². The molecular formula is C13H10FN3OS. The van der Waals surface area contributed by atoms with Gasteiger partial charge in [-0.25, -0.2) is 9.37 Å². The van der Waals surface area contributed by atoms with E-state index in [2.05, 4.69) is 10.3 Å². The number of carbonyl (C=O) groups is 1. The molecule has 0 saturated heterocycles. The standard InChI is InChI=1S/C13H10FN3OS/c14-11-4-2-1-3-9(11)7-10-8-16-13(19-10)17-12(18)5-6-15/h1-4,8H,5,7H2,(H,16,17,18). The Hall–Kier alpha value is -2.26. The van der Waals surface area contributed by atoms with Crippen molar-refractivity contribution in [1.29, 1.82) is 5.26 Å². The second-order valence-corrected chi connectivity index (χ2v) is 4.90. The van der Waals surface area contributed by atoms with Gasteiger partial charge >= 0.3 is 0 Å². The summed E-state index contributed by atoms with van der Waals surface area (Å²) >= 11 is 1.27. The van der Waals surface area contributed by atoms with Crippen LogP contribution >= 0.6 is 11.3 Å². The highest BCUT2D eigenvalue weighted by molar-refractivity contribution is 7.15. The first kappa shape index (κ1) is 13.2. The molecule has 19 heavy (non-hydrogen) atoms. The number of carbonyl (C=O) groups excluding carboxylic acids is 1. The van der Waals surface area contributed by atoms with Crippen LogP contribution in [0.25, 0.3) is 0 Å². The van der Waals surface area contributed by atoms with Crippen molar-refractivity contribution in [2.75, 3.05) is 5.32 Å². The van der Waals surface area contributed by atoms with Gasteiger partial charge in [0.25, 0.3) is 0 Å². The Labute approximate surface area is 113 Å². The van der Waals surface area contributed by atoms with E-state index in [1.54, 1.807) is 30.5 Å². The van der Waals surface area contributed by atoms with Crippen LogP contribution in [-0.2, 0) is 11.2 Å². The zero-order valence-electron chi connectivity index (χ0n) is 9.89. The van der Waals surface area contributed by atoms with E-state index in [-0.39, 0.29) is 12.2 Å². The van der Waals surface area contributed by atoms with Gasteiger partial charge < -0.3 is 5.32 Å². The van der Waals surface area contributed by atoms with Gasteiger partial charge in [0.15, 0.2) is 5.13 Å². The SMILES string of the molecule is N#CCC(=O)Nc1ncc(Cc2ccccc2F)s1. The second kappa shape index (κ2) is 6.07.